The summed E-state index contributed by atoms with van der Waals surface area (Å²) in [6, 6.07) is 9.98. The van der Waals surface area contributed by atoms with Crippen molar-refractivity contribution in [2.24, 2.45) is 0 Å². The van der Waals surface area contributed by atoms with Gasteiger partial charge in [0.2, 0.25) is 0 Å². The fourth-order valence-corrected chi connectivity index (χ4v) is 2.07. The molecule has 4 heteroatoms. The van der Waals surface area contributed by atoms with Crippen molar-refractivity contribution in [2.45, 2.75) is 52.4 Å². The molecule has 2 aromatic rings. The number of ether oxygens (including phenoxy) is 1. The Kier molecular flexibility index (Phi) is 5.39. The molecule has 1 aromatic carbocycles. The average Bonchev–Trinajstić information content (AvgIpc) is 3.01. The third-order valence-corrected chi connectivity index (χ3v) is 3.74. The fraction of sp³-hybridized carbons (Fsp3) is 0.471. The minimum absolute atomic E-state index is 0.398. The van der Waals surface area contributed by atoms with Crippen LogP contribution < -0.4 is 4.74 Å². The fourth-order valence-electron chi connectivity index (χ4n) is 2.07. The summed E-state index contributed by atoms with van der Waals surface area (Å²) >= 11 is 0. The second kappa shape index (κ2) is 7.27. The predicted octanol–water partition coefficient (Wildman–Crippen LogP) is 3.88. The van der Waals surface area contributed by atoms with E-state index in [4.69, 9.17) is 4.74 Å². The molecule has 0 aliphatic carbocycles. The topological polar surface area (TPSA) is 47.3 Å². The maximum Gasteiger partial charge on any atom is 0.132 e. The zero-order valence-electron chi connectivity index (χ0n) is 13.0. The number of hydrogen-bond donors (Lipinski definition) is 1. The molecule has 0 spiro atoms. The molecule has 0 saturated carbocycles. The van der Waals surface area contributed by atoms with Crippen molar-refractivity contribution in [1.82, 2.24) is 9.78 Å². The molecule has 0 saturated heterocycles. The monoisotopic (exact) mass is 288 g/mol. The zero-order valence-corrected chi connectivity index (χ0v) is 13.0. The Labute approximate surface area is 126 Å². The van der Waals surface area contributed by atoms with Crippen molar-refractivity contribution < 1.29 is 9.84 Å². The Hall–Kier alpha value is -1.81. The predicted molar refractivity (Wildman–Crippen MR) is 83.3 cm³/mol. The molecule has 0 fully saturated rings. The van der Waals surface area contributed by atoms with E-state index in [-0.39, 0.29) is 0 Å². The molecule has 0 radical (unpaired) electrons. The van der Waals surface area contributed by atoms with Gasteiger partial charge in [0, 0.05) is 12.2 Å². The highest BCUT2D eigenvalue weighted by Crippen LogP contribution is 2.20. The Bertz CT molecular complexity index is 548. The number of aliphatic hydroxyl groups is 1. The van der Waals surface area contributed by atoms with Gasteiger partial charge in [-0.3, -0.25) is 4.68 Å². The molecule has 1 heterocycles. The third kappa shape index (κ3) is 4.08. The molecule has 2 atom stereocenters. The first-order valence-electron chi connectivity index (χ1n) is 7.58. The molecule has 0 amide bonds. The second-order valence-electron chi connectivity index (χ2n) is 5.33. The van der Waals surface area contributed by atoms with Crippen LogP contribution in [0.15, 0.2) is 36.5 Å². The summed E-state index contributed by atoms with van der Waals surface area (Å²) in [6.45, 7) is 6.71. The van der Waals surface area contributed by atoms with E-state index in [1.807, 2.05) is 48.1 Å². The van der Waals surface area contributed by atoms with Crippen molar-refractivity contribution in [2.75, 3.05) is 0 Å². The Morgan fingerprint density at radius 1 is 1.14 bits per heavy atom. The van der Waals surface area contributed by atoms with Crippen molar-refractivity contribution in [3.63, 3.8) is 0 Å². The molecule has 21 heavy (non-hydrogen) atoms. The van der Waals surface area contributed by atoms with E-state index in [1.165, 1.54) is 0 Å². The van der Waals surface area contributed by atoms with E-state index < -0.39 is 6.10 Å². The second-order valence-corrected chi connectivity index (χ2v) is 5.33. The largest absolute Gasteiger partial charge is 0.487 e. The van der Waals surface area contributed by atoms with E-state index in [1.54, 1.807) is 0 Å². The van der Waals surface area contributed by atoms with Crippen LogP contribution in [-0.4, -0.2) is 14.9 Å². The van der Waals surface area contributed by atoms with E-state index in [9.17, 15) is 5.11 Å². The van der Waals surface area contributed by atoms with Crippen molar-refractivity contribution in [3.8, 4) is 5.75 Å². The first kappa shape index (κ1) is 15.6. The SMILES string of the molecule is CCC(O)c1ccc(OCc2ccn(C(C)CC)n2)cc1. The lowest BCUT2D eigenvalue weighted by atomic mass is 10.1. The summed E-state index contributed by atoms with van der Waals surface area (Å²) in [5.41, 5.74) is 1.85. The Morgan fingerprint density at radius 3 is 2.48 bits per heavy atom. The first-order chi connectivity index (χ1) is 10.1. The van der Waals surface area contributed by atoms with Crippen LogP contribution in [0.25, 0.3) is 0 Å². The highest BCUT2D eigenvalue weighted by atomic mass is 16.5. The lowest BCUT2D eigenvalue weighted by Crippen LogP contribution is -2.05. The quantitative estimate of drug-likeness (QED) is 0.841. The maximum absolute atomic E-state index is 9.75. The van der Waals surface area contributed by atoms with E-state index in [0.717, 1.165) is 23.4 Å². The van der Waals surface area contributed by atoms with Crippen molar-refractivity contribution >= 4 is 0 Å². The Morgan fingerprint density at radius 2 is 1.86 bits per heavy atom. The lowest BCUT2D eigenvalue weighted by Gasteiger charge is -2.10. The molecule has 1 aromatic heterocycles. The molecule has 1 N–H and O–H groups in total. The van der Waals surface area contributed by atoms with Gasteiger partial charge in [-0.25, -0.2) is 0 Å². The van der Waals surface area contributed by atoms with Gasteiger partial charge >= 0.3 is 0 Å². The van der Waals surface area contributed by atoms with Crippen molar-refractivity contribution in [3.05, 3.63) is 47.8 Å². The minimum atomic E-state index is -0.398. The molecule has 4 nitrogen and oxygen atoms in total. The highest BCUT2D eigenvalue weighted by Gasteiger charge is 2.06. The summed E-state index contributed by atoms with van der Waals surface area (Å²) in [6.07, 6.45) is 3.37. The summed E-state index contributed by atoms with van der Waals surface area (Å²) in [5, 5.41) is 14.3. The lowest BCUT2D eigenvalue weighted by molar-refractivity contribution is 0.173. The van der Waals surface area contributed by atoms with Crippen LogP contribution in [0.3, 0.4) is 0 Å². The summed E-state index contributed by atoms with van der Waals surface area (Å²) in [4.78, 5) is 0. The molecule has 0 bridgehead atoms. The summed E-state index contributed by atoms with van der Waals surface area (Å²) < 4.78 is 7.70. The standard InChI is InChI=1S/C17H24N2O2/c1-4-13(3)19-11-10-15(18-19)12-21-16-8-6-14(7-9-16)17(20)5-2/h6-11,13,17,20H,4-5,12H2,1-3H3. The third-order valence-electron chi connectivity index (χ3n) is 3.74. The van der Waals surface area contributed by atoms with Gasteiger partial charge in [-0.15, -0.1) is 0 Å². The highest BCUT2D eigenvalue weighted by molar-refractivity contribution is 5.28. The van der Waals surface area contributed by atoms with Gasteiger partial charge in [-0.1, -0.05) is 26.0 Å². The minimum Gasteiger partial charge on any atom is -0.487 e. The number of aliphatic hydroxyl groups excluding tert-OH is 1. The smallest absolute Gasteiger partial charge is 0.132 e. The van der Waals surface area contributed by atoms with Crippen LogP contribution in [-0.2, 0) is 6.61 Å². The number of rotatable bonds is 7. The van der Waals surface area contributed by atoms with Gasteiger partial charge in [0.1, 0.15) is 12.4 Å². The van der Waals surface area contributed by atoms with Crippen LogP contribution in [0.1, 0.15) is 57.0 Å². The zero-order chi connectivity index (χ0) is 15.2. The number of nitrogens with zero attached hydrogens (tertiary/aromatic N) is 2. The van der Waals surface area contributed by atoms with Gasteiger partial charge < -0.3 is 9.84 Å². The van der Waals surface area contributed by atoms with Crippen LogP contribution in [0.5, 0.6) is 5.75 Å². The number of hydrogen-bond acceptors (Lipinski definition) is 3. The molecule has 114 valence electrons. The van der Waals surface area contributed by atoms with Gasteiger partial charge in [0.15, 0.2) is 0 Å². The summed E-state index contributed by atoms with van der Waals surface area (Å²) in [5.74, 6) is 0.792. The van der Waals surface area contributed by atoms with Crippen LogP contribution >= 0.6 is 0 Å². The molecule has 2 unspecified atom stereocenters. The number of benzene rings is 1. The molecule has 0 aliphatic rings. The van der Waals surface area contributed by atoms with Gasteiger partial charge in [-0.2, -0.15) is 5.10 Å². The van der Waals surface area contributed by atoms with E-state index in [2.05, 4.69) is 18.9 Å². The maximum atomic E-state index is 9.75. The van der Waals surface area contributed by atoms with Crippen LogP contribution in [0.2, 0.25) is 0 Å². The summed E-state index contributed by atoms with van der Waals surface area (Å²) in [7, 11) is 0. The van der Waals surface area contributed by atoms with E-state index in [0.29, 0.717) is 19.1 Å². The first-order valence-corrected chi connectivity index (χ1v) is 7.58. The van der Waals surface area contributed by atoms with Gasteiger partial charge in [-0.05, 0) is 43.5 Å². The Balaban J connectivity index is 1.92. The molecule has 0 aliphatic heterocycles. The van der Waals surface area contributed by atoms with Gasteiger partial charge in [0.05, 0.1) is 11.8 Å². The van der Waals surface area contributed by atoms with Crippen LogP contribution in [0, 0.1) is 0 Å². The van der Waals surface area contributed by atoms with E-state index >= 15 is 0 Å². The van der Waals surface area contributed by atoms with Crippen LogP contribution in [0.4, 0.5) is 0 Å². The number of aromatic nitrogens is 2. The molecular weight excluding hydrogens is 264 g/mol. The average molecular weight is 288 g/mol. The normalized spacial score (nSPS) is 13.9. The van der Waals surface area contributed by atoms with Gasteiger partial charge in [0.25, 0.3) is 0 Å². The molecule has 2 rings (SSSR count). The van der Waals surface area contributed by atoms with Crippen molar-refractivity contribution in [1.29, 1.82) is 0 Å². The molecular formula is C17H24N2O2.